The van der Waals surface area contributed by atoms with E-state index in [0.29, 0.717) is 30.5 Å². The maximum absolute atomic E-state index is 5.64. The lowest BCUT2D eigenvalue weighted by Crippen LogP contribution is -2.20. The summed E-state index contributed by atoms with van der Waals surface area (Å²) in [4.78, 5) is 0. The second-order valence-electron chi connectivity index (χ2n) is 4.30. The van der Waals surface area contributed by atoms with Gasteiger partial charge in [-0.05, 0) is 25.1 Å². The van der Waals surface area contributed by atoms with E-state index in [9.17, 15) is 0 Å². The van der Waals surface area contributed by atoms with E-state index in [1.54, 1.807) is 21.3 Å². The minimum Gasteiger partial charge on any atom is -0.493 e. The largest absolute Gasteiger partial charge is 0.493 e. The van der Waals surface area contributed by atoms with Gasteiger partial charge in [0.2, 0.25) is 5.75 Å². The standard InChI is InChI=1S/C15H25NO4/c1-5-8-16-9-10-20-11-12-6-7-13(17-2)15(19-4)14(12)18-3/h6-7,16H,5,8-11H2,1-4H3. The molecule has 0 saturated heterocycles. The Morgan fingerprint density at radius 2 is 1.70 bits per heavy atom. The van der Waals surface area contributed by atoms with Crippen LogP contribution in [0.1, 0.15) is 18.9 Å². The highest BCUT2D eigenvalue weighted by Gasteiger charge is 2.15. The molecule has 0 bridgehead atoms. The predicted molar refractivity (Wildman–Crippen MR) is 78.9 cm³/mol. The normalized spacial score (nSPS) is 10.4. The zero-order valence-electron chi connectivity index (χ0n) is 12.8. The van der Waals surface area contributed by atoms with E-state index in [-0.39, 0.29) is 0 Å². The average molecular weight is 283 g/mol. The Labute approximate surface area is 121 Å². The topological polar surface area (TPSA) is 49.0 Å². The quantitative estimate of drug-likeness (QED) is 0.667. The highest BCUT2D eigenvalue weighted by Crippen LogP contribution is 2.39. The van der Waals surface area contributed by atoms with Gasteiger partial charge in [0, 0.05) is 12.1 Å². The van der Waals surface area contributed by atoms with Gasteiger partial charge in [-0.25, -0.2) is 0 Å². The van der Waals surface area contributed by atoms with Crippen LogP contribution in [0.4, 0.5) is 0 Å². The molecule has 0 heterocycles. The van der Waals surface area contributed by atoms with Crippen LogP contribution in [0.2, 0.25) is 0 Å². The van der Waals surface area contributed by atoms with E-state index in [2.05, 4.69) is 12.2 Å². The molecule has 0 unspecified atom stereocenters. The van der Waals surface area contributed by atoms with Crippen LogP contribution in [-0.4, -0.2) is 41.0 Å². The smallest absolute Gasteiger partial charge is 0.203 e. The molecule has 114 valence electrons. The summed E-state index contributed by atoms with van der Waals surface area (Å²) in [6.45, 7) is 5.16. The Morgan fingerprint density at radius 1 is 0.950 bits per heavy atom. The number of methoxy groups -OCH3 is 3. The van der Waals surface area contributed by atoms with Crippen molar-refractivity contribution >= 4 is 0 Å². The first-order valence-electron chi connectivity index (χ1n) is 6.84. The molecule has 5 heteroatoms. The highest BCUT2D eigenvalue weighted by atomic mass is 16.5. The summed E-state index contributed by atoms with van der Waals surface area (Å²) in [6, 6.07) is 3.79. The number of benzene rings is 1. The third-order valence-corrected chi connectivity index (χ3v) is 2.89. The van der Waals surface area contributed by atoms with Crippen molar-refractivity contribution in [1.29, 1.82) is 0 Å². The van der Waals surface area contributed by atoms with Crippen molar-refractivity contribution in [3.63, 3.8) is 0 Å². The molecule has 1 N–H and O–H groups in total. The van der Waals surface area contributed by atoms with Gasteiger partial charge in [-0.1, -0.05) is 6.92 Å². The van der Waals surface area contributed by atoms with Gasteiger partial charge in [0.05, 0.1) is 34.5 Å². The van der Waals surface area contributed by atoms with Crippen molar-refractivity contribution < 1.29 is 18.9 Å². The van der Waals surface area contributed by atoms with Crippen LogP contribution in [0, 0.1) is 0 Å². The van der Waals surface area contributed by atoms with Crippen molar-refractivity contribution in [2.24, 2.45) is 0 Å². The molecule has 0 saturated carbocycles. The van der Waals surface area contributed by atoms with Crippen molar-refractivity contribution in [3.05, 3.63) is 17.7 Å². The summed E-state index contributed by atoms with van der Waals surface area (Å²) in [5.74, 6) is 1.91. The molecule has 0 spiro atoms. The summed E-state index contributed by atoms with van der Waals surface area (Å²) in [6.07, 6.45) is 1.13. The van der Waals surface area contributed by atoms with Crippen LogP contribution in [0.25, 0.3) is 0 Å². The van der Waals surface area contributed by atoms with Crippen LogP contribution in [0.15, 0.2) is 12.1 Å². The molecule has 1 aromatic rings. The van der Waals surface area contributed by atoms with E-state index in [1.165, 1.54) is 0 Å². The molecule has 0 fully saturated rings. The van der Waals surface area contributed by atoms with Gasteiger partial charge >= 0.3 is 0 Å². The second kappa shape index (κ2) is 9.44. The van der Waals surface area contributed by atoms with Crippen LogP contribution >= 0.6 is 0 Å². The van der Waals surface area contributed by atoms with Crippen LogP contribution in [-0.2, 0) is 11.3 Å². The molecule has 20 heavy (non-hydrogen) atoms. The molecule has 0 radical (unpaired) electrons. The summed E-state index contributed by atoms with van der Waals surface area (Å²) in [5, 5.41) is 3.29. The Bertz CT molecular complexity index is 396. The molecular weight excluding hydrogens is 258 g/mol. The monoisotopic (exact) mass is 283 g/mol. The fourth-order valence-electron chi connectivity index (χ4n) is 1.91. The van der Waals surface area contributed by atoms with Gasteiger partial charge < -0.3 is 24.3 Å². The highest BCUT2D eigenvalue weighted by molar-refractivity contribution is 5.55. The third-order valence-electron chi connectivity index (χ3n) is 2.89. The fraction of sp³-hybridized carbons (Fsp3) is 0.600. The Balaban J connectivity index is 2.61. The summed E-state index contributed by atoms with van der Waals surface area (Å²) in [7, 11) is 4.82. The molecule has 0 aliphatic heterocycles. The minimum atomic E-state index is 0.483. The molecule has 1 rings (SSSR count). The molecule has 5 nitrogen and oxygen atoms in total. The Morgan fingerprint density at radius 3 is 2.30 bits per heavy atom. The first-order valence-corrected chi connectivity index (χ1v) is 6.84. The lowest BCUT2D eigenvalue weighted by Gasteiger charge is -2.15. The van der Waals surface area contributed by atoms with Crippen LogP contribution < -0.4 is 19.5 Å². The number of rotatable bonds is 10. The first kappa shape index (κ1) is 16.6. The summed E-state index contributed by atoms with van der Waals surface area (Å²) < 4.78 is 21.6. The number of ether oxygens (including phenoxy) is 4. The van der Waals surface area contributed by atoms with E-state index in [1.807, 2.05) is 12.1 Å². The van der Waals surface area contributed by atoms with Gasteiger partial charge in [-0.2, -0.15) is 0 Å². The lowest BCUT2D eigenvalue weighted by molar-refractivity contribution is 0.120. The van der Waals surface area contributed by atoms with E-state index in [4.69, 9.17) is 18.9 Å². The lowest BCUT2D eigenvalue weighted by atomic mass is 10.2. The van der Waals surface area contributed by atoms with Crippen LogP contribution in [0.3, 0.4) is 0 Å². The Kier molecular flexibility index (Phi) is 7.84. The van der Waals surface area contributed by atoms with Crippen molar-refractivity contribution in [2.45, 2.75) is 20.0 Å². The predicted octanol–water partition coefficient (Wildman–Crippen LogP) is 2.23. The van der Waals surface area contributed by atoms with Gasteiger partial charge in [0.1, 0.15) is 0 Å². The molecule has 0 aliphatic rings. The Hall–Kier alpha value is -1.46. The van der Waals surface area contributed by atoms with Gasteiger partial charge in [-0.3, -0.25) is 0 Å². The number of hydrogen-bond donors (Lipinski definition) is 1. The number of hydrogen-bond acceptors (Lipinski definition) is 5. The second-order valence-corrected chi connectivity index (χ2v) is 4.30. The van der Waals surface area contributed by atoms with Crippen molar-refractivity contribution in [2.75, 3.05) is 41.0 Å². The third kappa shape index (κ3) is 4.58. The average Bonchev–Trinajstić information content (AvgIpc) is 2.49. The minimum absolute atomic E-state index is 0.483. The SMILES string of the molecule is CCCNCCOCc1ccc(OC)c(OC)c1OC. The maximum atomic E-state index is 5.64. The van der Waals surface area contributed by atoms with Crippen molar-refractivity contribution in [1.82, 2.24) is 5.32 Å². The van der Waals surface area contributed by atoms with E-state index >= 15 is 0 Å². The summed E-state index contributed by atoms with van der Waals surface area (Å²) in [5.41, 5.74) is 0.945. The molecular formula is C15H25NO4. The van der Waals surface area contributed by atoms with Crippen LogP contribution in [0.5, 0.6) is 17.2 Å². The molecule has 0 aromatic heterocycles. The summed E-state index contributed by atoms with van der Waals surface area (Å²) >= 11 is 0. The molecule has 0 atom stereocenters. The van der Waals surface area contributed by atoms with Gasteiger partial charge in [0.15, 0.2) is 11.5 Å². The van der Waals surface area contributed by atoms with Gasteiger partial charge in [0.25, 0.3) is 0 Å². The van der Waals surface area contributed by atoms with Gasteiger partial charge in [-0.15, -0.1) is 0 Å². The zero-order chi connectivity index (χ0) is 14.8. The first-order chi connectivity index (χ1) is 9.78. The van der Waals surface area contributed by atoms with E-state index in [0.717, 1.165) is 25.1 Å². The van der Waals surface area contributed by atoms with Crippen molar-refractivity contribution in [3.8, 4) is 17.2 Å². The molecule has 0 amide bonds. The van der Waals surface area contributed by atoms with E-state index < -0.39 is 0 Å². The zero-order valence-corrected chi connectivity index (χ0v) is 12.8. The fourth-order valence-corrected chi connectivity index (χ4v) is 1.91. The number of nitrogens with one attached hydrogen (secondary N) is 1. The molecule has 0 aliphatic carbocycles. The maximum Gasteiger partial charge on any atom is 0.203 e. The molecule has 1 aromatic carbocycles.